The van der Waals surface area contributed by atoms with Crippen LogP contribution in [0.5, 0.6) is 5.75 Å². The van der Waals surface area contributed by atoms with Crippen LogP contribution in [0.25, 0.3) is 0 Å². The van der Waals surface area contributed by atoms with E-state index < -0.39 is 18.2 Å². The topological polar surface area (TPSA) is 73.9 Å². The summed E-state index contributed by atoms with van der Waals surface area (Å²) in [5, 5.41) is 2.51. The third kappa shape index (κ3) is 11.4. The maximum absolute atomic E-state index is 11.7. The molecule has 0 aliphatic carbocycles. The summed E-state index contributed by atoms with van der Waals surface area (Å²) in [6, 6.07) is 6.96. The number of rotatable bonds is 8. The summed E-state index contributed by atoms with van der Waals surface area (Å²) in [4.78, 5) is 23.3. The fraction of sp³-hybridized carbons (Fsp3) is 0.280. The molecule has 1 aromatic rings. The van der Waals surface area contributed by atoms with Gasteiger partial charge >= 0.3 is 12.1 Å². The van der Waals surface area contributed by atoms with E-state index in [0.29, 0.717) is 12.3 Å². The fourth-order valence-electron chi connectivity index (χ4n) is 1.86. The highest BCUT2D eigenvalue weighted by Gasteiger charge is 2.18. The lowest BCUT2D eigenvalue weighted by atomic mass is 10.2. The monoisotopic (exact) mass is 417 g/mol. The summed E-state index contributed by atoms with van der Waals surface area (Å²) in [5.74, 6) is 21.1. The zero-order chi connectivity index (χ0) is 22.9. The first kappa shape index (κ1) is 24.8. The molecular weight excluding hydrogens is 394 g/mol. The normalized spacial score (nSPS) is 9.39. The van der Waals surface area contributed by atoms with Crippen molar-refractivity contribution >= 4 is 12.1 Å². The van der Waals surface area contributed by atoms with E-state index >= 15 is 0 Å². The van der Waals surface area contributed by atoms with Crippen LogP contribution >= 0.6 is 0 Å². The Balaban J connectivity index is 2.67. The van der Waals surface area contributed by atoms with Crippen molar-refractivity contribution in [2.45, 2.75) is 26.9 Å². The summed E-state index contributed by atoms with van der Waals surface area (Å²) >= 11 is 0. The number of amides is 1. The first-order chi connectivity index (χ1) is 15.0. The first-order valence-electron chi connectivity index (χ1n) is 9.39. The Morgan fingerprint density at radius 1 is 1.03 bits per heavy atom. The van der Waals surface area contributed by atoms with Gasteiger partial charge in [-0.3, -0.25) is 0 Å². The van der Waals surface area contributed by atoms with E-state index in [1.54, 1.807) is 38.1 Å². The molecule has 1 rings (SSSR count). The van der Waals surface area contributed by atoms with Gasteiger partial charge in [-0.25, -0.2) is 9.59 Å². The molecule has 1 N–H and O–H groups in total. The van der Waals surface area contributed by atoms with Crippen molar-refractivity contribution in [3.8, 4) is 53.1 Å². The van der Waals surface area contributed by atoms with Crippen LogP contribution in [0.2, 0.25) is 0 Å². The van der Waals surface area contributed by atoms with Crippen LogP contribution in [0.1, 0.15) is 26.3 Å². The summed E-state index contributed by atoms with van der Waals surface area (Å²) in [5.41, 5.74) is 0.995. The molecule has 0 spiro atoms. The molecule has 6 heteroatoms. The maximum Gasteiger partial charge on any atom is 0.407 e. The van der Waals surface area contributed by atoms with Crippen molar-refractivity contribution in [3.63, 3.8) is 0 Å². The lowest BCUT2D eigenvalue weighted by Crippen LogP contribution is -2.35. The van der Waals surface area contributed by atoms with Crippen molar-refractivity contribution in [2.75, 3.05) is 19.8 Å². The van der Waals surface area contributed by atoms with Crippen LogP contribution in [0.3, 0.4) is 0 Å². The summed E-state index contributed by atoms with van der Waals surface area (Å²) in [6.07, 6.45) is -1.41. The molecule has 1 unspecified atom stereocenters. The SMILES string of the molecule is C=C(C)C(=O)OCC(COc1ccc(C#CC#CC#CC#CC)cc1)OC(=O)NCC. The van der Waals surface area contributed by atoms with Gasteiger partial charge in [-0.1, -0.05) is 18.4 Å². The highest BCUT2D eigenvalue weighted by atomic mass is 16.6. The van der Waals surface area contributed by atoms with Crippen molar-refractivity contribution in [2.24, 2.45) is 0 Å². The van der Waals surface area contributed by atoms with E-state index in [-0.39, 0.29) is 18.8 Å². The van der Waals surface area contributed by atoms with Gasteiger partial charge in [0.05, 0.1) is 0 Å². The molecular formula is C25H23NO5. The number of hydrogen-bond acceptors (Lipinski definition) is 5. The Bertz CT molecular complexity index is 1020. The standard InChI is InChI=1S/C25H23NO5/c1-5-7-8-9-10-11-12-13-21-14-16-22(17-15-21)29-18-23(31-25(28)26-6-2)19-30-24(27)20(3)4/h14-17,23H,3,6,18-19H2,1-2,4H3,(H,26,28). The van der Waals surface area contributed by atoms with Gasteiger partial charge in [0.15, 0.2) is 6.10 Å². The molecule has 0 bridgehead atoms. The zero-order valence-corrected chi connectivity index (χ0v) is 17.8. The Kier molecular flexibility index (Phi) is 11.7. The minimum atomic E-state index is -0.789. The van der Waals surface area contributed by atoms with Gasteiger partial charge in [-0.2, -0.15) is 0 Å². The summed E-state index contributed by atoms with van der Waals surface area (Å²) in [7, 11) is 0. The Hall–Kier alpha value is -4.26. The van der Waals surface area contributed by atoms with Crippen LogP contribution in [0, 0.1) is 47.4 Å². The number of carbonyl (C=O) groups is 2. The van der Waals surface area contributed by atoms with E-state index in [4.69, 9.17) is 14.2 Å². The number of alkyl carbamates (subject to hydrolysis) is 1. The third-order valence-corrected chi connectivity index (χ3v) is 3.28. The number of esters is 1. The molecule has 1 amide bonds. The minimum absolute atomic E-state index is 0.00354. The van der Waals surface area contributed by atoms with Gasteiger partial charge in [0.1, 0.15) is 19.0 Å². The number of hydrogen-bond donors (Lipinski definition) is 1. The molecule has 1 aromatic carbocycles. The van der Waals surface area contributed by atoms with Gasteiger partial charge < -0.3 is 19.5 Å². The molecule has 0 aliphatic rings. The maximum atomic E-state index is 11.7. The molecule has 0 aromatic heterocycles. The average Bonchev–Trinajstić information content (AvgIpc) is 2.75. The van der Waals surface area contributed by atoms with Gasteiger partial charge in [-0.05, 0) is 80.6 Å². The van der Waals surface area contributed by atoms with Crippen LogP contribution < -0.4 is 10.1 Å². The van der Waals surface area contributed by atoms with E-state index in [1.807, 2.05) is 0 Å². The number of nitrogens with one attached hydrogen (secondary N) is 1. The Morgan fingerprint density at radius 2 is 1.68 bits per heavy atom. The van der Waals surface area contributed by atoms with Crippen LogP contribution in [0.4, 0.5) is 4.79 Å². The second-order valence-electron chi connectivity index (χ2n) is 5.90. The quantitative estimate of drug-likeness (QED) is 0.400. The molecule has 158 valence electrons. The highest BCUT2D eigenvalue weighted by Crippen LogP contribution is 2.12. The van der Waals surface area contributed by atoms with E-state index in [9.17, 15) is 9.59 Å². The smallest absolute Gasteiger partial charge is 0.407 e. The molecule has 0 fully saturated rings. The van der Waals surface area contributed by atoms with E-state index in [0.717, 1.165) is 5.56 Å². The van der Waals surface area contributed by atoms with Crippen molar-refractivity contribution in [1.29, 1.82) is 0 Å². The number of carbonyl (C=O) groups excluding carboxylic acids is 2. The van der Waals surface area contributed by atoms with Crippen LogP contribution in [-0.4, -0.2) is 37.9 Å². The van der Waals surface area contributed by atoms with Gasteiger partial charge in [0.2, 0.25) is 0 Å². The fourth-order valence-corrected chi connectivity index (χ4v) is 1.86. The average molecular weight is 417 g/mol. The first-order valence-corrected chi connectivity index (χ1v) is 9.39. The summed E-state index contributed by atoms with van der Waals surface area (Å²) < 4.78 is 15.9. The molecule has 0 saturated heterocycles. The van der Waals surface area contributed by atoms with E-state index in [2.05, 4.69) is 59.3 Å². The second kappa shape index (κ2) is 14.7. The summed E-state index contributed by atoms with van der Waals surface area (Å²) in [6.45, 7) is 8.75. The second-order valence-corrected chi connectivity index (χ2v) is 5.90. The van der Waals surface area contributed by atoms with Gasteiger partial charge in [0, 0.05) is 17.7 Å². The van der Waals surface area contributed by atoms with Gasteiger partial charge in [-0.15, -0.1) is 0 Å². The number of ether oxygens (including phenoxy) is 3. The third-order valence-electron chi connectivity index (χ3n) is 3.28. The minimum Gasteiger partial charge on any atom is -0.490 e. The lowest BCUT2D eigenvalue weighted by molar-refractivity contribution is -0.142. The zero-order valence-electron chi connectivity index (χ0n) is 17.8. The molecule has 6 nitrogen and oxygen atoms in total. The van der Waals surface area contributed by atoms with Crippen LogP contribution in [0.15, 0.2) is 36.4 Å². The van der Waals surface area contributed by atoms with Gasteiger partial charge in [0.25, 0.3) is 0 Å². The molecule has 0 heterocycles. The van der Waals surface area contributed by atoms with Crippen molar-refractivity contribution in [1.82, 2.24) is 5.32 Å². The van der Waals surface area contributed by atoms with Crippen molar-refractivity contribution in [3.05, 3.63) is 42.0 Å². The number of benzene rings is 1. The molecule has 1 atom stereocenters. The molecule has 0 radical (unpaired) electrons. The van der Waals surface area contributed by atoms with Crippen LogP contribution in [-0.2, 0) is 14.3 Å². The molecule has 0 saturated carbocycles. The van der Waals surface area contributed by atoms with E-state index in [1.165, 1.54) is 6.92 Å². The predicted octanol–water partition coefficient (Wildman–Crippen LogP) is 2.68. The Labute approximate surface area is 183 Å². The predicted molar refractivity (Wildman–Crippen MR) is 118 cm³/mol. The molecule has 0 aliphatic heterocycles. The highest BCUT2D eigenvalue weighted by molar-refractivity contribution is 5.86. The molecule has 31 heavy (non-hydrogen) atoms. The lowest BCUT2D eigenvalue weighted by Gasteiger charge is -2.18. The Morgan fingerprint density at radius 3 is 2.29 bits per heavy atom. The largest absolute Gasteiger partial charge is 0.490 e. The van der Waals surface area contributed by atoms with Crippen molar-refractivity contribution < 1.29 is 23.8 Å².